The van der Waals surface area contributed by atoms with E-state index in [1.54, 1.807) is 6.20 Å². The van der Waals surface area contributed by atoms with Crippen LogP contribution in [0.15, 0.2) is 18.3 Å². The van der Waals surface area contributed by atoms with Crippen LogP contribution in [0.3, 0.4) is 0 Å². The lowest BCUT2D eigenvalue weighted by Gasteiger charge is -2.19. The van der Waals surface area contributed by atoms with E-state index in [2.05, 4.69) is 31.8 Å². The maximum absolute atomic E-state index is 12.2. The van der Waals surface area contributed by atoms with Crippen molar-refractivity contribution in [2.24, 2.45) is 5.41 Å². The minimum atomic E-state index is 0.0513. The van der Waals surface area contributed by atoms with Crippen LogP contribution in [-0.4, -0.2) is 10.8 Å². The third-order valence-electron chi connectivity index (χ3n) is 3.05. The van der Waals surface area contributed by atoms with Crippen LogP contribution in [0.25, 0.3) is 0 Å². The molecule has 1 unspecified atom stereocenters. The number of fused-ring (bicyclic) bond motifs is 1. The Morgan fingerprint density at radius 2 is 2.25 bits per heavy atom. The smallest absolute Gasteiger partial charge is 0.142 e. The van der Waals surface area contributed by atoms with E-state index in [-0.39, 0.29) is 11.3 Å². The molecular weight excluding hydrogens is 198 g/mol. The fourth-order valence-corrected chi connectivity index (χ4v) is 2.37. The number of nitrogens with zero attached hydrogens (tertiary/aromatic N) is 1. The minimum absolute atomic E-state index is 0.0513. The van der Waals surface area contributed by atoms with Gasteiger partial charge in [-0.15, -0.1) is 0 Å². The van der Waals surface area contributed by atoms with Gasteiger partial charge in [0.15, 0.2) is 0 Å². The summed E-state index contributed by atoms with van der Waals surface area (Å²) in [7, 11) is 0. The number of rotatable bonds is 2. The summed E-state index contributed by atoms with van der Waals surface area (Å²) in [5, 5.41) is 0. The summed E-state index contributed by atoms with van der Waals surface area (Å²) in [5.41, 5.74) is 2.36. The van der Waals surface area contributed by atoms with Crippen molar-refractivity contribution in [1.82, 2.24) is 4.98 Å². The fourth-order valence-electron chi connectivity index (χ4n) is 2.37. The van der Waals surface area contributed by atoms with E-state index in [4.69, 9.17) is 0 Å². The van der Waals surface area contributed by atoms with Crippen LogP contribution in [0.1, 0.15) is 50.8 Å². The van der Waals surface area contributed by atoms with Crippen LogP contribution >= 0.6 is 0 Å². The number of Topliss-reactive ketones (excluding diaryl/α,β-unsaturated/α-hetero) is 1. The highest BCUT2D eigenvalue weighted by Crippen LogP contribution is 2.34. The molecule has 1 atom stereocenters. The minimum Gasteiger partial charge on any atom is -0.299 e. The Bertz CT molecular complexity index is 403. The molecule has 0 radical (unpaired) electrons. The Morgan fingerprint density at radius 3 is 2.94 bits per heavy atom. The summed E-state index contributed by atoms with van der Waals surface area (Å²) >= 11 is 0. The summed E-state index contributed by atoms with van der Waals surface area (Å²) in [6.45, 7) is 6.33. The maximum atomic E-state index is 12.2. The number of hydrogen-bond acceptors (Lipinski definition) is 2. The average Bonchev–Trinajstić information content (AvgIpc) is 2.58. The van der Waals surface area contributed by atoms with Gasteiger partial charge in [0.1, 0.15) is 5.78 Å². The van der Waals surface area contributed by atoms with Gasteiger partial charge >= 0.3 is 0 Å². The van der Waals surface area contributed by atoms with Crippen LogP contribution in [0.2, 0.25) is 0 Å². The van der Waals surface area contributed by atoms with E-state index in [0.29, 0.717) is 12.2 Å². The molecule has 0 spiro atoms. The summed E-state index contributed by atoms with van der Waals surface area (Å²) in [6, 6.07) is 4.04. The summed E-state index contributed by atoms with van der Waals surface area (Å²) in [6.07, 6.45) is 4.39. The first kappa shape index (κ1) is 11.3. The SMILES string of the molecule is CC(C)(C)CC(=O)C1CCc2cccnc21. The number of carbonyl (C=O) groups excluding carboxylic acids is 1. The van der Waals surface area contributed by atoms with Gasteiger partial charge in [-0.05, 0) is 29.9 Å². The largest absolute Gasteiger partial charge is 0.299 e. The van der Waals surface area contributed by atoms with Gasteiger partial charge in [-0.2, -0.15) is 0 Å². The van der Waals surface area contributed by atoms with Crippen molar-refractivity contribution in [3.8, 4) is 0 Å². The quantitative estimate of drug-likeness (QED) is 0.761. The summed E-state index contributed by atoms with van der Waals surface area (Å²) in [4.78, 5) is 16.6. The van der Waals surface area contributed by atoms with E-state index < -0.39 is 0 Å². The highest BCUT2D eigenvalue weighted by atomic mass is 16.1. The number of pyridine rings is 1. The summed E-state index contributed by atoms with van der Waals surface area (Å²) < 4.78 is 0. The van der Waals surface area contributed by atoms with E-state index in [9.17, 15) is 4.79 Å². The molecule has 1 aromatic rings. The lowest BCUT2D eigenvalue weighted by atomic mass is 9.85. The lowest BCUT2D eigenvalue weighted by Crippen LogP contribution is -2.18. The zero-order chi connectivity index (χ0) is 11.8. The first-order valence-corrected chi connectivity index (χ1v) is 5.94. The number of aryl methyl sites for hydroxylation is 1. The Hall–Kier alpha value is -1.18. The van der Waals surface area contributed by atoms with E-state index in [1.807, 2.05) is 6.07 Å². The molecule has 0 saturated carbocycles. The van der Waals surface area contributed by atoms with Crippen LogP contribution in [-0.2, 0) is 11.2 Å². The third kappa shape index (κ3) is 2.31. The first-order valence-electron chi connectivity index (χ1n) is 5.94. The third-order valence-corrected chi connectivity index (χ3v) is 3.05. The monoisotopic (exact) mass is 217 g/mol. The molecule has 0 aromatic carbocycles. The standard InChI is InChI=1S/C14H19NO/c1-14(2,3)9-12(16)11-7-6-10-5-4-8-15-13(10)11/h4-5,8,11H,6-7,9H2,1-3H3. The molecule has 0 saturated heterocycles. The van der Waals surface area contributed by atoms with Crippen LogP contribution in [0, 0.1) is 5.41 Å². The van der Waals surface area contributed by atoms with E-state index in [1.165, 1.54) is 5.56 Å². The molecule has 1 aliphatic carbocycles. The molecule has 0 fully saturated rings. The number of aromatic nitrogens is 1. The van der Waals surface area contributed by atoms with Crippen LogP contribution < -0.4 is 0 Å². The predicted octanol–water partition coefficient (Wildman–Crippen LogP) is 3.12. The molecule has 0 aliphatic heterocycles. The second kappa shape index (κ2) is 4.00. The topological polar surface area (TPSA) is 30.0 Å². The highest BCUT2D eigenvalue weighted by Gasteiger charge is 2.31. The van der Waals surface area contributed by atoms with Crippen molar-refractivity contribution in [3.63, 3.8) is 0 Å². The maximum Gasteiger partial charge on any atom is 0.142 e. The molecule has 2 rings (SSSR count). The van der Waals surface area contributed by atoms with Crippen LogP contribution in [0.5, 0.6) is 0 Å². The Kier molecular flexibility index (Phi) is 2.83. The van der Waals surface area contributed by atoms with Gasteiger partial charge in [0.25, 0.3) is 0 Å². The summed E-state index contributed by atoms with van der Waals surface area (Å²) in [5.74, 6) is 0.403. The Labute approximate surface area is 97.1 Å². The molecule has 0 amide bonds. The molecule has 2 nitrogen and oxygen atoms in total. The number of hydrogen-bond donors (Lipinski definition) is 0. The van der Waals surface area contributed by atoms with Gasteiger partial charge in [0.2, 0.25) is 0 Å². The first-order chi connectivity index (χ1) is 7.47. The van der Waals surface area contributed by atoms with Crippen molar-refractivity contribution in [1.29, 1.82) is 0 Å². The van der Waals surface area contributed by atoms with Crippen molar-refractivity contribution in [3.05, 3.63) is 29.6 Å². The van der Waals surface area contributed by atoms with Crippen molar-refractivity contribution >= 4 is 5.78 Å². The van der Waals surface area contributed by atoms with E-state index in [0.717, 1.165) is 18.5 Å². The molecule has 1 aliphatic rings. The second-order valence-corrected chi connectivity index (χ2v) is 5.84. The van der Waals surface area contributed by atoms with Crippen molar-refractivity contribution in [2.45, 2.75) is 46.0 Å². The molecule has 1 heterocycles. The molecule has 86 valence electrons. The number of ketones is 1. The Morgan fingerprint density at radius 1 is 1.50 bits per heavy atom. The van der Waals surface area contributed by atoms with E-state index >= 15 is 0 Å². The number of carbonyl (C=O) groups is 1. The molecule has 0 bridgehead atoms. The lowest BCUT2D eigenvalue weighted by molar-refractivity contribution is -0.122. The highest BCUT2D eigenvalue weighted by molar-refractivity contribution is 5.86. The van der Waals surface area contributed by atoms with Crippen LogP contribution in [0.4, 0.5) is 0 Å². The zero-order valence-electron chi connectivity index (χ0n) is 10.3. The van der Waals surface area contributed by atoms with Gasteiger partial charge in [0.05, 0.1) is 11.6 Å². The van der Waals surface area contributed by atoms with Gasteiger partial charge in [-0.1, -0.05) is 26.8 Å². The molecule has 1 aromatic heterocycles. The second-order valence-electron chi connectivity index (χ2n) is 5.84. The molecule has 0 N–H and O–H groups in total. The Balaban J connectivity index is 2.16. The average molecular weight is 217 g/mol. The molecule has 2 heteroatoms. The predicted molar refractivity (Wildman–Crippen MR) is 64.4 cm³/mol. The van der Waals surface area contributed by atoms with Gasteiger partial charge < -0.3 is 0 Å². The van der Waals surface area contributed by atoms with Gasteiger partial charge in [-0.3, -0.25) is 9.78 Å². The molecule has 16 heavy (non-hydrogen) atoms. The normalized spacial score (nSPS) is 19.6. The van der Waals surface area contributed by atoms with Gasteiger partial charge in [-0.25, -0.2) is 0 Å². The zero-order valence-corrected chi connectivity index (χ0v) is 10.3. The fraction of sp³-hybridized carbons (Fsp3) is 0.571. The molecular formula is C14H19NO. The van der Waals surface area contributed by atoms with Crippen molar-refractivity contribution in [2.75, 3.05) is 0 Å². The van der Waals surface area contributed by atoms with Gasteiger partial charge in [0, 0.05) is 12.6 Å². The van der Waals surface area contributed by atoms with Crippen molar-refractivity contribution < 1.29 is 4.79 Å².